The zero-order chi connectivity index (χ0) is 35.3. The molecule has 3 nitrogen and oxygen atoms in total. The minimum absolute atomic E-state index is 0.669. The van der Waals surface area contributed by atoms with Gasteiger partial charge in [-0.15, -0.1) is 11.3 Å². The molecule has 3 aromatic heterocycles. The van der Waals surface area contributed by atoms with E-state index in [4.69, 9.17) is 14.4 Å². The fourth-order valence-electron chi connectivity index (χ4n) is 8.61. The van der Waals surface area contributed by atoms with Gasteiger partial charge in [0.25, 0.3) is 0 Å². The highest BCUT2D eigenvalue weighted by atomic mass is 32.1. The van der Waals surface area contributed by atoms with E-state index in [1.807, 2.05) is 47.7 Å². The Morgan fingerprint density at radius 3 is 1.50 bits per heavy atom. The molecule has 0 saturated carbocycles. The number of benzene rings is 9. The Morgan fingerprint density at radius 1 is 0.352 bits per heavy atom. The third kappa shape index (κ3) is 4.29. The van der Waals surface area contributed by atoms with Crippen molar-refractivity contribution in [1.82, 2.24) is 9.97 Å². The van der Waals surface area contributed by atoms with Crippen LogP contribution in [0, 0.1) is 0 Å². The quantitative estimate of drug-likeness (QED) is 0.172. The zero-order valence-electron chi connectivity index (χ0n) is 28.9. The van der Waals surface area contributed by atoms with E-state index < -0.39 is 0 Å². The molecule has 0 spiro atoms. The molecule has 0 aliphatic heterocycles. The van der Waals surface area contributed by atoms with Gasteiger partial charge in [0.15, 0.2) is 5.82 Å². The molecule has 0 unspecified atom stereocenters. The van der Waals surface area contributed by atoms with Gasteiger partial charge >= 0.3 is 0 Å². The highest BCUT2D eigenvalue weighted by molar-refractivity contribution is 7.27. The molecule has 0 radical (unpaired) electrons. The summed E-state index contributed by atoms with van der Waals surface area (Å²) in [7, 11) is 0. The largest absolute Gasteiger partial charge is 0.456 e. The number of hydrogen-bond acceptors (Lipinski definition) is 4. The van der Waals surface area contributed by atoms with Gasteiger partial charge in [0.05, 0.1) is 11.4 Å². The number of rotatable bonds is 3. The third-order valence-corrected chi connectivity index (χ3v) is 12.2. The van der Waals surface area contributed by atoms with Crippen molar-refractivity contribution in [3.05, 3.63) is 170 Å². The van der Waals surface area contributed by atoms with Crippen molar-refractivity contribution in [3.63, 3.8) is 0 Å². The molecule has 0 amide bonds. The van der Waals surface area contributed by atoms with Gasteiger partial charge in [-0.3, -0.25) is 0 Å². The zero-order valence-corrected chi connectivity index (χ0v) is 29.7. The molecule has 54 heavy (non-hydrogen) atoms. The summed E-state index contributed by atoms with van der Waals surface area (Å²) in [6.07, 6.45) is 0. The molecule has 9 aromatic carbocycles. The van der Waals surface area contributed by atoms with Crippen LogP contribution < -0.4 is 0 Å². The first kappa shape index (κ1) is 29.7. The van der Waals surface area contributed by atoms with Crippen molar-refractivity contribution in [2.45, 2.75) is 0 Å². The van der Waals surface area contributed by atoms with Gasteiger partial charge in [0.1, 0.15) is 11.2 Å². The standard InChI is InChI=1S/C50H28N2OS/c1-3-13-29(14-4-1)41-28-42(30-15-5-2-6-16-30)52-50(51-41)31-23-24-34-39-27-45-40(26-44(39)53-43(34)25-31)47-38-22-12-11-21-37(38)46-35-19-9-7-17-32(35)33-18-8-10-20-36(33)48(46)49(47)54-45/h1-28H. The summed E-state index contributed by atoms with van der Waals surface area (Å²) >= 11 is 1.89. The number of fused-ring (bicyclic) bond motifs is 16. The number of hydrogen-bond donors (Lipinski definition) is 0. The summed E-state index contributed by atoms with van der Waals surface area (Å²) < 4.78 is 9.33. The summed E-state index contributed by atoms with van der Waals surface area (Å²) in [6.45, 7) is 0. The maximum Gasteiger partial charge on any atom is 0.160 e. The number of thiophene rings is 1. The first-order valence-corrected chi connectivity index (χ1v) is 19.1. The lowest BCUT2D eigenvalue weighted by molar-refractivity contribution is 0.669. The van der Waals surface area contributed by atoms with E-state index in [0.29, 0.717) is 5.82 Å². The van der Waals surface area contributed by atoms with E-state index >= 15 is 0 Å². The Kier molecular flexibility index (Phi) is 6.21. The lowest BCUT2D eigenvalue weighted by atomic mass is 9.89. The summed E-state index contributed by atoms with van der Waals surface area (Å²) in [5, 5.41) is 15.1. The highest BCUT2D eigenvalue weighted by Crippen LogP contribution is 2.50. The predicted octanol–water partition coefficient (Wildman–Crippen LogP) is 14.4. The van der Waals surface area contributed by atoms with Crippen LogP contribution in [-0.4, -0.2) is 9.97 Å². The van der Waals surface area contributed by atoms with Gasteiger partial charge in [-0.25, -0.2) is 9.97 Å². The first-order chi connectivity index (χ1) is 26.8. The molecule has 3 heterocycles. The molecular formula is C50H28N2OS. The molecule has 4 heteroatoms. The van der Waals surface area contributed by atoms with Crippen LogP contribution in [-0.2, 0) is 0 Å². The summed E-state index contributed by atoms with van der Waals surface area (Å²) in [4.78, 5) is 10.1. The van der Waals surface area contributed by atoms with Crippen molar-refractivity contribution >= 4 is 96.5 Å². The minimum atomic E-state index is 0.669. The Hall–Kier alpha value is -6.88. The van der Waals surface area contributed by atoms with Gasteiger partial charge in [-0.2, -0.15) is 0 Å². The van der Waals surface area contributed by atoms with Gasteiger partial charge < -0.3 is 4.42 Å². The normalized spacial score (nSPS) is 12.1. The van der Waals surface area contributed by atoms with E-state index in [9.17, 15) is 0 Å². The molecule has 0 aliphatic rings. The van der Waals surface area contributed by atoms with Crippen LogP contribution >= 0.6 is 11.3 Å². The predicted molar refractivity (Wildman–Crippen MR) is 229 cm³/mol. The van der Waals surface area contributed by atoms with Crippen LogP contribution in [0.1, 0.15) is 0 Å². The van der Waals surface area contributed by atoms with Gasteiger partial charge in [0.2, 0.25) is 0 Å². The molecule has 0 N–H and O–H groups in total. The van der Waals surface area contributed by atoms with Crippen LogP contribution in [0.5, 0.6) is 0 Å². The summed E-state index contributed by atoms with van der Waals surface area (Å²) in [6, 6.07) is 60.4. The summed E-state index contributed by atoms with van der Waals surface area (Å²) in [5.74, 6) is 0.669. The fourth-order valence-corrected chi connectivity index (χ4v) is 9.92. The van der Waals surface area contributed by atoms with Crippen LogP contribution in [0.2, 0.25) is 0 Å². The average Bonchev–Trinajstić information content (AvgIpc) is 3.80. The topological polar surface area (TPSA) is 38.9 Å². The Bertz CT molecular complexity index is 3430. The number of aromatic nitrogens is 2. The molecule has 0 saturated heterocycles. The van der Waals surface area contributed by atoms with Crippen LogP contribution in [0.3, 0.4) is 0 Å². The van der Waals surface area contributed by atoms with Crippen molar-refractivity contribution in [2.24, 2.45) is 0 Å². The smallest absolute Gasteiger partial charge is 0.160 e. The molecular weight excluding hydrogens is 677 g/mol. The molecule has 0 aliphatic carbocycles. The molecule has 250 valence electrons. The second-order valence-corrected chi connectivity index (χ2v) is 15.1. The van der Waals surface area contributed by atoms with Gasteiger partial charge in [-0.05, 0) is 68.0 Å². The van der Waals surface area contributed by atoms with E-state index in [1.54, 1.807) is 0 Å². The SMILES string of the molecule is c1ccc(-c2cc(-c3ccccc3)nc(-c3ccc4c(c3)oc3cc5c(cc34)sc3c5c4ccccc4c4c5ccccc5c5ccccc5c34)n2)cc1. The number of furan rings is 1. The highest BCUT2D eigenvalue weighted by Gasteiger charge is 2.21. The van der Waals surface area contributed by atoms with Crippen molar-refractivity contribution in [2.75, 3.05) is 0 Å². The molecule has 0 atom stereocenters. The van der Waals surface area contributed by atoms with Crippen LogP contribution in [0.4, 0.5) is 0 Å². The molecule has 12 aromatic rings. The maximum absolute atomic E-state index is 6.75. The van der Waals surface area contributed by atoms with E-state index in [0.717, 1.165) is 50.0 Å². The summed E-state index contributed by atoms with van der Waals surface area (Å²) in [5.41, 5.74) is 6.50. The number of nitrogens with zero attached hydrogens (tertiary/aromatic N) is 2. The van der Waals surface area contributed by atoms with Gasteiger partial charge in [0, 0.05) is 53.0 Å². The molecule has 0 fully saturated rings. The Balaban J connectivity index is 1.10. The minimum Gasteiger partial charge on any atom is -0.456 e. The van der Waals surface area contributed by atoms with E-state index in [-0.39, 0.29) is 0 Å². The van der Waals surface area contributed by atoms with Crippen molar-refractivity contribution in [1.29, 1.82) is 0 Å². The monoisotopic (exact) mass is 704 g/mol. The average molecular weight is 705 g/mol. The molecule has 12 rings (SSSR count). The van der Waals surface area contributed by atoms with Crippen LogP contribution in [0.15, 0.2) is 174 Å². The second kappa shape index (κ2) is 11.3. The van der Waals surface area contributed by atoms with Crippen molar-refractivity contribution < 1.29 is 4.42 Å². The van der Waals surface area contributed by atoms with E-state index in [2.05, 4.69) is 133 Å². The molecule has 0 bridgehead atoms. The second-order valence-electron chi connectivity index (χ2n) is 14.0. The van der Waals surface area contributed by atoms with Gasteiger partial charge in [-0.1, -0.05) is 140 Å². The Morgan fingerprint density at radius 2 is 0.870 bits per heavy atom. The van der Waals surface area contributed by atoms with Crippen molar-refractivity contribution in [3.8, 4) is 33.9 Å². The lowest BCUT2D eigenvalue weighted by Gasteiger charge is -2.14. The van der Waals surface area contributed by atoms with E-state index in [1.165, 1.54) is 63.3 Å². The van der Waals surface area contributed by atoms with Crippen LogP contribution in [0.25, 0.3) is 119 Å². The lowest BCUT2D eigenvalue weighted by Crippen LogP contribution is -1.95. The maximum atomic E-state index is 6.75. The fraction of sp³-hybridized carbons (Fsp3) is 0. The third-order valence-electron chi connectivity index (χ3n) is 11.0. The Labute approximate surface area is 313 Å². The first-order valence-electron chi connectivity index (χ1n) is 18.2.